The second kappa shape index (κ2) is 5.35. The summed E-state index contributed by atoms with van der Waals surface area (Å²) >= 11 is 0. The Morgan fingerprint density at radius 3 is 2.91 bits per heavy atom. The van der Waals surface area contributed by atoms with E-state index in [1.54, 1.807) is 4.52 Å². The van der Waals surface area contributed by atoms with Crippen LogP contribution in [0.2, 0.25) is 0 Å². The first-order chi connectivity index (χ1) is 10.4. The van der Waals surface area contributed by atoms with E-state index in [0.717, 1.165) is 11.4 Å². The second-order valence-corrected chi connectivity index (χ2v) is 8.04. The molecule has 1 amide bonds. The lowest BCUT2D eigenvalue weighted by molar-refractivity contribution is 0.0950. The molecule has 0 saturated carbocycles. The van der Waals surface area contributed by atoms with E-state index in [2.05, 4.69) is 15.4 Å². The first-order valence-electron chi connectivity index (χ1n) is 7.16. The molecule has 3 heterocycles. The Morgan fingerprint density at radius 2 is 2.23 bits per heavy atom. The van der Waals surface area contributed by atoms with Gasteiger partial charge >= 0.3 is 0 Å². The Balaban J connectivity index is 1.76. The van der Waals surface area contributed by atoms with Gasteiger partial charge in [0.1, 0.15) is 5.56 Å². The van der Waals surface area contributed by atoms with Crippen molar-refractivity contribution < 1.29 is 13.2 Å². The molecule has 7 nitrogen and oxygen atoms in total. The summed E-state index contributed by atoms with van der Waals surface area (Å²) in [5.41, 5.74) is 2.66. The van der Waals surface area contributed by atoms with Gasteiger partial charge in [-0.15, -0.1) is 0 Å². The van der Waals surface area contributed by atoms with Gasteiger partial charge < -0.3 is 5.32 Å². The van der Waals surface area contributed by atoms with Gasteiger partial charge in [-0.25, -0.2) is 17.9 Å². The Bertz CT molecular complexity index is 841. The van der Waals surface area contributed by atoms with Crippen molar-refractivity contribution in [2.45, 2.75) is 20.3 Å². The number of aromatic nitrogens is 3. The smallest absolute Gasteiger partial charge is 0.256 e. The summed E-state index contributed by atoms with van der Waals surface area (Å²) in [4.78, 5) is 16.7. The van der Waals surface area contributed by atoms with Gasteiger partial charge in [0.15, 0.2) is 15.5 Å². The maximum absolute atomic E-state index is 12.3. The minimum atomic E-state index is -2.92. The molecule has 3 rings (SSSR count). The quantitative estimate of drug-likeness (QED) is 0.889. The molecule has 1 aliphatic heterocycles. The van der Waals surface area contributed by atoms with Crippen LogP contribution >= 0.6 is 0 Å². The number of nitrogens with one attached hydrogen (secondary N) is 1. The highest BCUT2D eigenvalue weighted by Crippen LogP contribution is 2.18. The van der Waals surface area contributed by atoms with Crippen LogP contribution in [0.25, 0.3) is 5.65 Å². The summed E-state index contributed by atoms with van der Waals surface area (Å²) in [7, 11) is -2.92. The summed E-state index contributed by atoms with van der Waals surface area (Å²) in [6.45, 7) is 4.13. The molecule has 1 aliphatic rings. The SMILES string of the molecule is Cc1cc(C)n2ncc(C(=O)NC[C@@H]3CCS(=O)(=O)C3)c2n1. The lowest BCUT2D eigenvalue weighted by atomic mass is 10.1. The van der Waals surface area contributed by atoms with Gasteiger partial charge in [0.05, 0.1) is 17.7 Å². The second-order valence-electron chi connectivity index (χ2n) is 5.81. The molecule has 1 atom stereocenters. The molecule has 22 heavy (non-hydrogen) atoms. The fourth-order valence-electron chi connectivity index (χ4n) is 2.80. The van der Waals surface area contributed by atoms with Gasteiger partial charge in [0, 0.05) is 17.9 Å². The normalized spacial score (nSPS) is 20.4. The molecule has 118 valence electrons. The lowest BCUT2D eigenvalue weighted by Crippen LogP contribution is -2.29. The third-order valence-corrected chi connectivity index (χ3v) is 5.74. The number of aryl methyl sites for hydroxylation is 2. The average molecular weight is 322 g/mol. The largest absolute Gasteiger partial charge is 0.352 e. The minimum Gasteiger partial charge on any atom is -0.352 e. The van der Waals surface area contributed by atoms with Crippen molar-refractivity contribution >= 4 is 21.4 Å². The molecule has 1 fully saturated rings. The van der Waals surface area contributed by atoms with Crippen LogP contribution in [0.5, 0.6) is 0 Å². The topological polar surface area (TPSA) is 93.4 Å². The predicted molar refractivity (Wildman–Crippen MR) is 81.6 cm³/mol. The highest BCUT2D eigenvalue weighted by Gasteiger charge is 2.28. The van der Waals surface area contributed by atoms with Gasteiger partial charge in [-0.3, -0.25) is 4.79 Å². The van der Waals surface area contributed by atoms with Crippen LogP contribution in [0.1, 0.15) is 28.2 Å². The molecule has 0 bridgehead atoms. The monoisotopic (exact) mass is 322 g/mol. The molecule has 2 aromatic rings. The van der Waals surface area contributed by atoms with Gasteiger partial charge in [-0.1, -0.05) is 0 Å². The fraction of sp³-hybridized carbons (Fsp3) is 0.500. The molecule has 2 aromatic heterocycles. The number of amides is 1. The number of nitrogens with zero attached hydrogens (tertiary/aromatic N) is 3. The zero-order valence-electron chi connectivity index (χ0n) is 12.5. The van der Waals surface area contributed by atoms with Crippen molar-refractivity contribution in [1.82, 2.24) is 19.9 Å². The molecule has 0 aromatic carbocycles. The fourth-order valence-corrected chi connectivity index (χ4v) is 4.66. The highest BCUT2D eigenvalue weighted by molar-refractivity contribution is 7.91. The summed E-state index contributed by atoms with van der Waals surface area (Å²) in [5.74, 6) is 0.0897. The van der Waals surface area contributed by atoms with Crippen LogP contribution in [0.15, 0.2) is 12.3 Å². The third-order valence-electron chi connectivity index (χ3n) is 3.90. The van der Waals surface area contributed by atoms with Gasteiger partial charge in [-0.05, 0) is 32.3 Å². The van der Waals surface area contributed by atoms with E-state index < -0.39 is 9.84 Å². The van der Waals surface area contributed by atoms with Crippen molar-refractivity contribution in [3.05, 3.63) is 29.2 Å². The molecule has 0 spiro atoms. The Morgan fingerprint density at radius 1 is 1.45 bits per heavy atom. The number of carbonyl (C=O) groups is 1. The first kappa shape index (κ1) is 15.0. The number of rotatable bonds is 3. The summed E-state index contributed by atoms with van der Waals surface area (Å²) in [6.07, 6.45) is 2.10. The number of fused-ring (bicyclic) bond motifs is 1. The van der Waals surface area contributed by atoms with Crippen molar-refractivity contribution in [3.63, 3.8) is 0 Å². The van der Waals surface area contributed by atoms with Gasteiger partial charge in [-0.2, -0.15) is 5.10 Å². The van der Waals surface area contributed by atoms with Crippen LogP contribution in [-0.4, -0.2) is 47.0 Å². The zero-order chi connectivity index (χ0) is 15.9. The molecule has 1 N–H and O–H groups in total. The van der Waals surface area contributed by atoms with Crippen LogP contribution < -0.4 is 5.32 Å². The summed E-state index contributed by atoms with van der Waals surface area (Å²) < 4.78 is 24.5. The first-order valence-corrected chi connectivity index (χ1v) is 8.98. The van der Waals surface area contributed by atoms with E-state index in [1.165, 1.54) is 6.20 Å². The van der Waals surface area contributed by atoms with E-state index in [4.69, 9.17) is 0 Å². The standard InChI is InChI=1S/C14H18N4O3S/c1-9-5-10(2)18-13(17-9)12(7-16-18)14(19)15-6-11-3-4-22(20,21)8-11/h5,7,11H,3-4,6,8H2,1-2H3,(H,15,19)/t11-/m0/s1. The number of hydrogen-bond acceptors (Lipinski definition) is 5. The average Bonchev–Trinajstić information content (AvgIpc) is 2.99. The number of sulfone groups is 1. The van der Waals surface area contributed by atoms with E-state index in [-0.39, 0.29) is 23.3 Å². The van der Waals surface area contributed by atoms with Crippen molar-refractivity contribution in [2.75, 3.05) is 18.1 Å². The Kier molecular flexibility index (Phi) is 3.64. The maximum Gasteiger partial charge on any atom is 0.256 e. The number of carbonyl (C=O) groups excluding carboxylic acids is 1. The number of hydrogen-bond donors (Lipinski definition) is 1. The molecule has 0 unspecified atom stereocenters. The molecule has 0 radical (unpaired) electrons. The van der Waals surface area contributed by atoms with E-state index in [0.29, 0.717) is 24.2 Å². The highest BCUT2D eigenvalue weighted by atomic mass is 32.2. The third kappa shape index (κ3) is 2.83. The van der Waals surface area contributed by atoms with Gasteiger partial charge in [0.2, 0.25) is 0 Å². The van der Waals surface area contributed by atoms with Crippen molar-refractivity contribution in [2.24, 2.45) is 5.92 Å². The zero-order valence-corrected chi connectivity index (χ0v) is 13.4. The molecule has 8 heteroatoms. The van der Waals surface area contributed by atoms with Crippen molar-refractivity contribution in [3.8, 4) is 0 Å². The van der Waals surface area contributed by atoms with Crippen LogP contribution in [0.3, 0.4) is 0 Å². The van der Waals surface area contributed by atoms with Crippen molar-refractivity contribution in [1.29, 1.82) is 0 Å². The summed E-state index contributed by atoms with van der Waals surface area (Å²) in [6, 6.07) is 1.89. The van der Waals surface area contributed by atoms with Crippen LogP contribution in [-0.2, 0) is 9.84 Å². The molecular formula is C14H18N4O3S. The van der Waals surface area contributed by atoms with E-state index in [9.17, 15) is 13.2 Å². The Hall–Kier alpha value is -1.96. The minimum absolute atomic E-state index is 0.00720. The van der Waals surface area contributed by atoms with E-state index in [1.807, 2.05) is 19.9 Å². The van der Waals surface area contributed by atoms with E-state index >= 15 is 0 Å². The van der Waals surface area contributed by atoms with Crippen LogP contribution in [0, 0.1) is 19.8 Å². The Labute approximate surface area is 128 Å². The van der Waals surface area contributed by atoms with Crippen LogP contribution in [0.4, 0.5) is 0 Å². The maximum atomic E-state index is 12.3. The molecule has 0 aliphatic carbocycles. The van der Waals surface area contributed by atoms with Gasteiger partial charge in [0.25, 0.3) is 5.91 Å². The lowest BCUT2D eigenvalue weighted by Gasteiger charge is -2.09. The predicted octanol–water partition coefficient (Wildman–Crippen LogP) is 0.511. The summed E-state index contributed by atoms with van der Waals surface area (Å²) in [5, 5.41) is 6.98. The molecular weight excluding hydrogens is 304 g/mol. The molecule has 1 saturated heterocycles.